The highest BCUT2D eigenvalue weighted by molar-refractivity contribution is 5.81. The van der Waals surface area contributed by atoms with Gasteiger partial charge in [0.25, 0.3) is 0 Å². The number of amides is 1. The SMILES string of the molecule is COCCNC(=O)C(F)(F)F. The van der Waals surface area contributed by atoms with Crippen molar-refractivity contribution in [3.05, 3.63) is 0 Å². The zero-order chi connectivity index (χ0) is 8.91. The smallest absolute Gasteiger partial charge is 0.383 e. The van der Waals surface area contributed by atoms with Crippen LogP contribution in [0.5, 0.6) is 0 Å². The molecule has 0 aliphatic rings. The summed E-state index contributed by atoms with van der Waals surface area (Å²) in [7, 11) is 1.33. The van der Waals surface area contributed by atoms with Crippen molar-refractivity contribution in [2.24, 2.45) is 0 Å². The largest absolute Gasteiger partial charge is 0.471 e. The van der Waals surface area contributed by atoms with E-state index in [9.17, 15) is 18.0 Å². The number of nitrogens with one attached hydrogen (secondary N) is 1. The Labute approximate surface area is 61.5 Å². The van der Waals surface area contributed by atoms with Gasteiger partial charge in [0, 0.05) is 13.7 Å². The van der Waals surface area contributed by atoms with Gasteiger partial charge < -0.3 is 10.1 Å². The molecule has 0 aromatic heterocycles. The number of ether oxygens (including phenoxy) is 1. The first-order valence-corrected chi connectivity index (χ1v) is 2.82. The van der Waals surface area contributed by atoms with Gasteiger partial charge >= 0.3 is 12.1 Å². The standard InChI is InChI=1S/C5H8F3NO2/c1-11-3-2-9-4(10)5(6,7)8/h2-3H2,1H3,(H,9,10). The molecule has 66 valence electrons. The molecule has 0 rings (SSSR count). The molecule has 0 aromatic rings. The molecule has 0 aliphatic carbocycles. The molecule has 11 heavy (non-hydrogen) atoms. The predicted octanol–water partition coefficient (Wildman–Crippen LogP) is 0.311. The van der Waals surface area contributed by atoms with Gasteiger partial charge in [-0.25, -0.2) is 0 Å². The molecule has 0 saturated heterocycles. The van der Waals surface area contributed by atoms with E-state index in [1.54, 1.807) is 5.32 Å². The zero-order valence-corrected chi connectivity index (χ0v) is 5.86. The van der Waals surface area contributed by atoms with Gasteiger partial charge in [-0.15, -0.1) is 0 Å². The minimum absolute atomic E-state index is 0.0713. The van der Waals surface area contributed by atoms with E-state index >= 15 is 0 Å². The van der Waals surface area contributed by atoms with Gasteiger partial charge in [0.2, 0.25) is 0 Å². The molecule has 0 radical (unpaired) electrons. The second-order valence-electron chi connectivity index (χ2n) is 1.75. The van der Waals surface area contributed by atoms with Gasteiger partial charge in [0.05, 0.1) is 6.61 Å². The fourth-order valence-electron chi connectivity index (χ4n) is 0.367. The van der Waals surface area contributed by atoms with E-state index in [2.05, 4.69) is 4.74 Å². The molecule has 0 aliphatic heterocycles. The summed E-state index contributed by atoms with van der Waals surface area (Å²) in [6.07, 6.45) is -4.80. The average Bonchev–Trinajstić information content (AvgIpc) is 1.86. The fraction of sp³-hybridized carbons (Fsp3) is 0.800. The summed E-state index contributed by atoms with van der Waals surface area (Å²) in [4.78, 5) is 10.0. The van der Waals surface area contributed by atoms with E-state index in [0.29, 0.717) is 0 Å². The van der Waals surface area contributed by atoms with Crippen molar-refractivity contribution in [2.45, 2.75) is 6.18 Å². The van der Waals surface area contributed by atoms with E-state index in [-0.39, 0.29) is 13.2 Å². The molecule has 0 atom stereocenters. The molecule has 0 saturated carbocycles. The Balaban J connectivity index is 3.54. The maximum absolute atomic E-state index is 11.4. The van der Waals surface area contributed by atoms with Crippen LogP contribution in [0, 0.1) is 0 Å². The summed E-state index contributed by atoms with van der Waals surface area (Å²) in [6.45, 7) is -0.0589. The van der Waals surface area contributed by atoms with Crippen LogP contribution in [0.2, 0.25) is 0 Å². The Bertz CT molecular complexity index is 134. The molecule has 0 heterocycles. The number of hydrogen-bond donors (Lipinski definition) is 1. The summed E-state index contributed by atoms with van der Waals surface area (Å²) in [5.74, 6) is -1.94. The first-order valence-electron chi connectivity index (χ1n) is 2.82. The molecular formula is C5H8F3NO2. The maximum Gasteiger partial charge on any atom is 0.471 e. The third-order valence-electron chi connectivity index (χ3n) is 0.849. The lowest BCUT2D eigenvalue weighted by Crippen LogP contribution is -2.38. The Morgan fingerprint density at radius 1 is 1.55 bits per heavy atom. The minimum Gasteiger partial charge on any atom is -0.383 e. The van der Waals surface area contributed by atoms with E-state index in [4.69, 9.17) is 0 Å². The third-order valence-corrected chi connectivity index (χ3v) is 0.849. The van der Waals surface area contributed by atoms with Crippen molar-refractivity contribution in [1.82, 2.24) is 5.32 Å². The molecule has 0 bridgehead atoms. The van der Waals surface area contributed by atoms with Gasteiger partial charge in [-0.3, -0.25) is 4.79 Å². The molecule has 0 fully saturated rings. The van der Waals surface area contributed by atoms with Crippen LogP contribution in [0.25, 0.3) is 0 Å². The second kappa shape index (κ2) is 4.17. The first-order chi connectivity index (χ1) is 4.98. The summed E-state index contributed by atoms with van der Waals surface area (Å²) < 4.78 is 38.7. The normalized spacial score (nSPS) is 11.3. The summed E-state index contributed by atoms with van der Waals surface area (Å²) in [5.41, 5.74) is 0. The van der Waals surface area contributed by atoms with Crippen molar-refractivity contribution in [2.75, 3.05) is 20.3 Å². The highest BCUT2D eigenvalue weighted by Gasteiger charge is 2.38. The summed E-state index contributed by atoms with van der Waals surface area (Å²) in [6, 6.07) is 0. The van der Waals surface area contributed by atoms with Gasteiger partial charge in [-0.1, -0.05) is 0 Å². The molecule has 0 spiro atoms. The number of methoxy groups -OCH3 is 1. The Hall–Kier alpha value is -0.780. The highest BCUT2D eigenvalue weighted by atomic mass is 19.4. The molecule has 3 nitrogen and oxygen atoms in total. The zero-order valence-electron chi connectivity index (χ0n) is 5.86. The van der Waals surface area contributed by atoms with Gasteiger partial charge in [0.1, 0.15) is 0 Å². The number of halogens is 3. The lowest BCUT2D eigenvalue weighted by Gasteiger charge is -2.06. The van der Waals surface area contributed by atoms with Crippen molar-refractivity contribution in [3.63, 3.8) is 0 Å². The minimum atomic E-state index is -4.80. The highest BCUT2D eigenvalue weighted by Crippen LogP contribution is 2.13. The van der Waals surface area contributed by atoms with Crippen LogP contribution in [-0.4, -0.2) is 32.3 Å². The predicted molar refractivity (Wildman–Crippen MR) is 30.9 cm³/mol. The Morgan fingerprint density at radius 2 is 2.09 bits per heavy atom. The molecule has 0 unspecified atom stereocenters. The number of alkyl halides is 3. The van der Waals surface area contributed by atoms with Crippen LogP contribution < -0.4 is 5.32 Å². The van der Waals surface area contributed by atoms with Crippen molar-refractivity contribution in [3.8, 4) is 0 Å². The van der Waals surface area contributed by atoms with Crippen LogP contribution in [0.3, 0.4) is 0 Å². The van der Waals surface area contributed by atoms with E-state index in [1.165, 1.54) is 7.11 Å². The van der Waals surface area contributed by atoms with Crippen LogP contribution in [0.15, 0.2) is 0 Å². The van der Waals surface area contributed by atoms with Crippen LogP contribution >= 0.6 is 0 Å². The lowest BCUT2D eigenvalue weighted by molar-refractivity contribution is -0.173. The molecule has 0 aromatic carbocycles. The molecule has 6 heteroatoms. The lowest BCUT2D eigenvalue weighted by atomic mass is 10.5. The maximum atomic E-state index is 11.4. The molecule has 1 N–H and O–H groups in total. The summed E-state index contributed by atoms with van der Waals surface area (Å²) in [5, 5.41) is 1.63. The number of rotatable bonds is 3. The number of hydrogen-bond acceptors (Lipinski definition) is 2. The van der Waals surface area contributed by atoms with Crippen molar-refractivity contribution >= 4 is 5.91 Å². The van der Waals surface area contributed by atoms with Gasteiger partial charge in [-0.05, 0) is 0 Å². The van der Waals surface area contributed by atoms with Crippen LogP contribution in [0.1, 0.15) is 0 Å². The second-order valence-corrected chi connectivity index (χ2v) is 1.75. The van der Waals surface area contributed by atoms with E-state index < -0.39 is 12.1 Å². The molecule has 1 amide bonds. The van der Waals surface area contributed by atoms with Gasteiger partial charge in [-0.2, -0.15) is 13.2 Å². The number of carbonyl (C=O) groups excluding carboxylic acids is 1. The van der Waals surface area contributed by atoms with Crippen molar-refractivity contribution < 1.29 is 22.7 Å². The van der Waals surface area contributed by atoms with Crippen molar-refractivity contribution in [1.29, 1.82) is 0 Å². The van der Waals surface area contributed by atoms with Crippen LogP contribution in [-0.2, 0) is 9.53 Å². The van der Waals surface area contributed by atoms with E-state index in [1.807, 2.05) is 0 Å². The summed E-state index contributed by atoms with van der Waals surface area (Å²) >= 11 is 0. The monoisotopic (exact) mass is 171 g/mol. The third kappa shape index (κ3) is 4.60. The quantitative estimate of drug-likeness (QED) is 0.620. The Morgan fingerprint density at radius 3 is 2.45 bits per heavy atom. The van der Waals surface area contributed by atoms with E-state index in [0.717, 1.165) is 0 Å². The number of carbonyl (C=O) groups is 1. The van der Waals surface area contributed by atoms with Gasteiger partial charge in [0.15, 0.2) is 0 Å². The van der Waals surface area contributed by atoms with Crippen LogP contribution in [0.4, 0.5) is 13.2 Å². The first kappa shape index (κ1) is 10.2. The Kier molecular flexibility index (Phi) is 3.88. The molecular weight excluding hydrogens is 163 g/mol. The fourth-order valence-corrected chi connectivity index (χ4v) is 0.367. The topological polar surface area (TPSA) is 38.3 Å². The average molecular weight is 171 g/mol.